The van der Waals surface area contributed by atoms with E-state index in [-0.39, 0.29) is 5.91 Å². The SMILES string of the molecule is CCC(C)(NC(=O)c1ccc(CCN)cc1)C(=O)O. The van der Waals surface area contributed by atoms with Gasteiger partial charge in [0.05, 0.1) is 0 Å². The maximum atomic E-state index is 12.0. The number of carbonyl (C=O) groups is 2. The van der Waals surface area contributed by atoms with Gasteiger partial charge in [-0.2, -0.15) is 0 Å². The molecule has 19 heavy (non-hydrogen) atoms. The molecule has 104 valence electrons. The van der Waals surface area contributed by atoms with Gasteiger partial charge in [-0.1, -0.05) is 19.1 Å². The second kappa shape index (κ2) is 6.33. The first-order valence-corrected chi connectivity index (χ1v) is 6.28. The molecule has 0 heterocycles. The zero-order valence-corrected chi connectivity index (χ0v) is 11.3. The molecule has 4 N–H and O–H groups in total. The van der Waals surface area contributed by atoms with Gasteiger partial charge in [0.25, 0.3) is 5.91 Å². The standard InChI is InChI=1S/C14H20N2O3/c1-3-14(2,13(18)19)16-12(17)11-6-4-10(5-7-11)8-9-15/h4-7H,3,8-9,15H2,1-2H3,(H,16,17)(H,18,19). The molecule has 0 aliphatic heterocycles. The van der Waals surface area contributed by atoms with Crippen molar-refractivity contribution in [2.24, 2.45) is 5.73 Å². The van der Waals surface area contributed by atoms with Crippen LogP contribution < -0.4 is 11.1 Å². The zero-order valence-electron chi connectivity index (χ0n) is 11.3. The van der Waals surface area contributed by atoms with Crippen LogP contribution >= 0.6 is 0 Å². The molecule has 1 amide bonds. The van der Waals surface area contributed by atoms with Gasteiger partial charge in [-0.15, -0.1) is 0 Å². The molecule has 0 aromatic heterocycles. The number of hydrogen-bond donors (Lipinski definition) is 3. The number of carboxylic acids is 1. The average molecular weight is 264 g/mol. The Kier molecular flexibility index (Phi) is 5.06. The van der Waals surface area contributed by atoms with Crippen molar-refractivity contribution in [3.63, 3.8) is 0 Å². The van der Waals surface area contributed by atoms with E-state index < -0.39 is 11.5 Å². The molecule has 0 aliphatic carbocycles. The topological polar surface area (TPSA) is 92.4 Å². The van der Waals surface area contributed by atoms with E-state index in [1.165, 1.54) is 6.92 Å². The number of rotatable bonds is 6. The third kappa shape index (κ3) is 3.79. The highest BCUT2D eigenvalue weighted by molar-refractivity contribution is 5.97. The summed E-state index contributed by atoms with van der Waals surface area (Å²) in [6, 6.07) is 7.01. The van der Waals surface area contributed by atoms with E-state index in [9.17, 15) is 9.59 Å². The Morgan fingerprint density at radius 3 is 2.32 bits per heavy atom. The van der Waals surface area contributed by atoms with Crippen LogP contribution in [-0.4, -0.2) is 29.1 Å². The maximum absolute atomic E-state index is 12.0. The summed E-state index contributed by atoms with van der Waals surface area (Å²) in [5, 5.41) is 11.7. The lowest BCUT2D eigenvalue weighted by Gasteiger charge is -2.24. The second-order valence-electron chi connectivity index (χ2n) is 4.68. The van der Waals surface area contributed by atoms with Gasteiger partial charge in [-0.3, -0.25) is 4.79 Å². The number of nitrogens with one attached hydrogen (secondary N) is 1. The summed E-state index contributed by atoms with van der Waals surface area (Å²) >= 11 is 0. The van der Waals surface area contributed by atoms with E-state index in [0.717, 1.165) is 12.0 Å². The number of carboxylic acid groups (broad SMARTS) is 1. The first-order chi connectivity index (χ1) is 8.92. The third-order valence-electron chi connectivity index (χ3n) is 3.22. The average Bonchev–Trinajstić information content (AvgIpc) is 2.39. The van der Waals surface area contributed by atoms with Gasteiger partial charge in [0.2, 0.25) is 0 Å². The lowest BCUT2D eigenvalue weighted by molar-refractivity contribution is -0.143. The fourth-order valence-corrected chi connectivity index (χ4v) is 1.61. The Morgan fingerprint density at radius 2 is 1.89 bits per heavy atom. The van der Waals surface area contributed by atoms with Crippen molar-refractivity contribution < 1.29 is 14.7 Å². The number of amides is 1. The molecule has 1 unspecified atom stereocenters. The molecule has 5 nitrogen and oxygen atoms in total. The number of nitrogens with two attached hydrogens (primary N) is 1. The van der Waals surface area contributed by atoms with Crippen LogP contribution in [0, 0.1) is 0 Å². The van der Waals surface area contributed by atoms with Crippen molar-refractivity contribution in [3.05, 3.63) is 35.4 Å². The first kappa shape index (κ1) is 15.2. The number of benzene rings is 1. The van der Waals surface area contributed by atoms with E-state index in [4.69, 9.17) is 10.8 Å². The van der Waals surface area contributed by atoms with Crippen LogP contribution in [0.3, 0.4) is 0 Å². The highest BCUT2D eigenvalue weighted by Gasteiger charge is 2.32. The van der Waals surface area contributed by atoms with Crippen LogP contribution in [0.15, 0.2) is 24.3 Å². The summed E-state index contributed by atoms with van der Waals surface area (Å²) in [6.07, 6.45) is 1.07. The molecular weight excluding hydrogens is 244 g/mol. The van der Waals surface area contributed by atoms with Crippen molar-refractivity contribution >= 4 is 11.9 Å². The molecular formula is C14H20N2O3. The molecule has 0 saturated carbocycles. The fraction of sp³-hybridized carbons (Fsp3) is 0.429. The number of hydrogen-bond acceptors (Lipinski definition) is 3. The quantitative estimate of drug-likeness (QED) is 0.719. The number of aliphatic carboxylic acids is 1. The lowest BCUT2D eigenvalue weighted by Crippen LogP contribution is -2.51. The summed E-state index contributed by atoms with van der Waals surface area (Å²) < 4.78 is 0. The predicted octanol–water partition coefficient (Wildman–Crippen LogP) is 1.17. The fourth-order valence-electron chi connectivity index (χ4n) is 1.61. The van der Waals surface area contributed by atoms with Crippen LogP contribution in [0.2, 0.25) is 0 Å². The number of carbonyl (C=O) groups excluding carboxylic acids is 1. The van der Waals surface area contributed by atoms with Gasteiger partial charge in [0.1, 0.15) is 5.54 Å². The van der Waals surface area contributed by atoms with Crippen molar-refractivity contribution in [2.45, 2.75) is 32.2 Å². The monoisotopic (exact) mass is 264 g/mol. The van der Waals surface area contributed by atoms with E-state index in [0.29, 0.717) is 18.5 Å². The lowest BCUT2D eigenvalue weighted by atomic mass is 9.98. The summed E-state index contributed by atoms with van der Waals surface area (Å²) in [5.41, 5.74) is 5.70. The minimum absolute atomic E-state index is 0.319. The van der Waals surface area contributed by atoms with Crippen molar-refractivity contribution in [2.75, 3.05) is 6.54 Å². The molecule has 1 aromatic carbocycles. The van der Waals surface area contributed by atoms with E-state index in [2.05, 4.69) is 5.32 Å². The molecule has 1 atom stereocenters. The summed E-state index contributed by atoms with van der Waals surface area (Å²) in [5.74, 6) is -1.42. The maximum Gasteiger partial charge on any atom is 0.329 e. The van der Waals surface area contributed by atoms with Crippen LogP contribution in [0.4, 0.5) is 0 Å². The Labute approximate surface area is 112 Å². The highest BCUT2D eigenvalue weighted by atomic mass is 16.4. The largest absolute Gasteiger partial charge is 0.480 e. The van der Waals surface area contributed by atoms with Crippen LogP contribution in [0.5, 0.6) is 0 Å². The zero-order chi connectivity index (χ0) is 14.5. The van der Waals surface area contributed by atoms with Gasteiger partial charge in [-0.25, -0.2) is 4.79 Å². The molecule has 1 rings (SSSR count). The second-order valence-corrected chi connectivity index (χ2v) is 4.68. The normalized spacial score (nSPS) is 13.6. The summed E-state index contributed by atoms with van der Waals surface area (Å²) in [6.45, 7) is 3.77. The Hall–Kier alpha value is -1.88. The van der Waals surface area contributed by atoms with Crippen LogP contribution in [0.25, 0.3) is 0 Å². The van der Waals surface area contributed by atoms with Gasteiger partial charge < -0.3 is 16.2 Å². The molecule has 0 aliphatic rings. The smallest absolute Gasteiger partial charge is 0.329 e. The van der Waals surface area contributed by atoms with Gasteiger partial charge >= 0.3 is 5.97 Å². The van der Waals surface area contributed by atoms with Gasteiger partial charge in [0.15, 0.2) is 0 Å². The molecule has 5 heteroatoms. The van der Waals surface area contributed by atoms with Crippen LogP contribution in [-0.2, 0) is 11.2 Å². The molecule has 0 bridgehead atoms. The minimum atomic E-state index is -1.24. The molecule has 0 radical (unpaired) electrons. The Bertz CT molecular complexity index is 456. The van der Waals surface area contributed by atoms with E-state index >= 15 is 0 Å². The van der Waals surface area contributed by atoms with E-state index in [1.807, 2.05) is 12.1 Å². The van der Waals surface area contributed by atoms with Crippen molar-refractivity contribution in [1.29, 1.82) is 0 Å². The minimum Gasteiger partial charge on any atom is -0.480 e. The Balaban J connectivity index is 2.80. The van der Waals surface area contributed by atoms with Crippen molar-refractivity contribution in [3.8, 4) is 0 Å². The molecule has 0 spiro atoms. The van der Waals surface area contributed by atoms with Gasteiger partial charge in [-0.05, 0) is 44.0 Å². The molecule has 1 aromatic rings. The predicted molar refractivity (Wildman–Crippen MR) is 73.0 cm³/mol. The van der Waals surface area contributed by atoms with E-state index in [1.54, 1.807) is 19.1 Å². The van der Waals surface area contributed by atoms with Gasteiger partial charge in [0, 0.05) is 5.56 Å². The Morgan fingerprint density at radius 1 is 1.32 bits per heavy atom. The highest BCUT2D eigenvalue weighted by Crippen LogP contribution is 2.12. The molecule has 0 saturated heterocycles. The van der Waals surface area contributed by atoms with Crippen molar-refractivity contribution in [1.82, 2.24) is 5.32 Å². The first-order valence-electron chi connectivity index (χ1n) is 6.28. The summed E-state index contributed by atoms with van der Waals surface area (Å²) in [4.78, 5) is 23.1. The molecule has 0 fully saturated rings. The third-order valence-corrected chi connectivity index (χ3v) is 3.22. The summed E-state index contributed by atoms with van der Waals surface area (Å²) in [7, 11) is 0. The van der Waals surface area contributed by atoms with Crippen LogP contribution in [0.1, 0.15) is 36.2 Å².